The first-order chi connectivity index (χ1) is 17.3. The van der Waals surface area contributed by atoms with Crippen LogP contribution in [-0.4, -0.2) is 68.0 Å². The monoisotopic (exact) mass is 490 g/mol. The predicted molar refractivity (Wildman–Crippen MR) is 140 cm³/mol. The molecule has 8 nitrogen and oxygen atoms in total. The Hall–Kier alpha value is -3.81. The Bertz CT molecular complexity index is 1170. The van der Waals surface area contributed by atoms with Crippen LogP contribution in [0.2, 0.25) is 0 Å². The molecule has 2 heterocycles. The van der Waals surface area contributed by atoms with Crippen molar-refractivity contribution < 1.29 is 19.0 Å². The molecule has 0 unspecified atom stereocenters. The lowest BCUT2D eigenvalue weighted by Crippen LogP contribution is -2.50. The van der Waals surface area contributed by atoms with E-state index in [2.05, 4.69) is 48.0 Å². The number of anilines is 1. The fourth-order valence-corrected chi connectivity index (χ4v) is 4.12. The topological polar surface area (TPSA) is 77.0 Å². The van der Waals surface area contributed by atoms with Crippen molar-refractivity contribution in [3.8, 4) is 28.5 Å². The molecule has 1 aliphatic heterocycles. The summed E-state index contributed by atoms with van der Waals surface area (Å²) in [5.74, 6) is 2.81. The fraction of sp³-hybridized carbons (Fsp3) is 0.393. The van der Waals surface area contributed by atoms with Gasteiger partial charge in [0.1, 0.15) is 5.75 Å². The van der Waals surface area contributed by atoms with Crippen LogP contribution in [0.1, 0.15) is 26.3 Å². The van der Waals surface area contributed by atoms with E-state index in [1.54, 1.807) is 14.2 Å². The number of hydrogen-bond acceptors (Lipinski definition) is 7. The number of hydrogen-bond donors (Lipinski definition) is 0. The van der Waals surface area contributed by atoms with Crippen molar-refractivity contribution in [1.82, 2.24) is 15.1 Å². The second-order valence-corrected chi connectivity index (χ2v) is 9.78. The van der Waals surface area contributed by atoms with Gasteiger partial charge in [0, 0.05) is 31.7 Å². The molecule has 2 aromatic carbocycles. The van der Waals surface area contributed by atoms with Gasteiger partial charge in [-0.05, 0) is 53.4 Å². The number of rotatable bonds is 7. The maximum absolute atomic E-state index is 12.7. The zero-order chi connectivity index (χ0) is 25.7. The summed E-state index contributed by atoms with van der Waals surface area (Å²) < 4.78 is 16.4. The van der Waals surface area contributed by atoms with Crippen molar-refractivity contribution in [2.24, 2.45) is 0 Å². The molecule has 0 atom stereocenters. The second kappa shape index (κ2) is 10.8. The molecule has 0 saturated carbocycles. The molecule has 8 heteroatoms. The van der Waals surface area contributed by atoms with E-state index < -0.39 is 0 Å². The van der Waals surface area contributed by atoms with Gasteiger partial charge >= 0.3 is 0 Å². The van der Waals surface area contributed by atoms with E-state index in [1.165, 1.54) is 5.56 Å². The van der Waals surface area contributed by atoms with E-state index in [1.807, 2.05) is 47.4 Å². The molecule has 1 aromatic heterocycles. The second-order valence-electron chi connectivity index (χ2n) is 9.78. The Morgan fingerprint density at radius 2 is 1.56 bits per heavy atom. The van der Waals surface area contributed by atoms with Crippen LogP contribution in [0.25, 0.3) is 11.3 Å². The molecule has 36 heavy (non-hydrogen) atoms. The quantitative estimate of drug-likeness (QED) is 0.492. The first-order valence-electron chi connectivity index (χ1n) is 12.1. The van der Waals surface area contributed by atoms with Crippen LogP contribution >= 0.6 is 0 Å². The molecule has 0 spiro atoms. The van der Waals surface area contributed by atoms with Crippen molar-refractivity contribution in [3.63, 3.8) is 0 Å². The number of methoxy groups -OCH3 is 2. The summed E-state index contributed by atoms with van der Waals surface area (Å²) in [4.78, 5) is 16.7. The maximum Gasteiger partial charge on any atom is 0.260 e. The molecule has 4 rings (SSSR count). The van der Waals surface area contributed by atoms with Crippen molar-refractivity contribution in [1.29, 1.82) is 0 Å². The SMILES string of the molecule is COc1ccc(-c2ccc(N3CCN(C(=O)COc4ccc(C(C)(C)C)cc4)CC3)nn2)cc1OC. The van der Waals surface area contributed by atoms with Gasteiger partial charge in [0.15, 0.2) is 23.9 Å². The van der Waals surface area contributed by atoms with Crippen LogP contribution in [-0.2, 0) is 10.2 Å². The van der Waals surface area contributed by atoms with E-state index in [0.29, 0.717) is 43.4 Å². The number of piperazine rings is 1. The molecule has 1 saturated heterocycles. The van der Waals surface area contributed by atoms with Gasteiger partial charge in [-0.3, -0.25) is 4.79 Å². The van der Waals surface area contributed by atoms with E-state index in [9.17, 15) is 4.79 Å². The summed E-state index contributed by atoms with van der Waals surface area (Å²) in [6, 6.07) is 17.5. The first kappa shape index (κ1) is 25.3. The maximum atomic E-state index is 12.7. The lowest BCUT2D eigenvalue weighted by atomic mass is 9.87. The number of benzene rings is 2. The Balaban J connectivity index is 1.29. The lowest BCUT2D eigenvalue weighted by molar-refractivity contribution is -0.133. The van der Waals surface area contributed by atoms with Gasteiger partial charge in [-0.15, -0.1) is 10.2 Å². The molecule has 0 N–H and O–H groups in total. The fourth-order valence-electron chi connectivity index (χ4n) is 4.12. The van der Waals surface area contributed by atoms with Crippen LogP contribution < -0.4 is 19.1 Å². The van der Waals surface area contributed by atoms with Gasteiger partial charge in [-0.1, -0.05) is 32.9 Å². The Labute approximate surface area is 212 Å². The highest BCUT2D eigenvalue weighted by molar-refractivity contribution is 5.78. The van der Waals surface area contributed by atoms with Crippen molar-refractivity contribution in [2.45, 2.75) is 26.2 Å². The Kier molecular flexibility index (Phi) is 7.62. The number of amides is 1. The minimum absolute atomic E-state index is 0.00978. The van der Waals surface area contributed by atoms with Crippen LogP contribution in [0.5, 0.6) is 17.2 Å². The minimum Gasteiger partial charge on any atom is -0.493 e. The molecule has 1 amide bonds. The highest BCUT2D eigenvalue weighted by atomic mass is 16.5. The Morgan fingerprint density at radius 1 is 0.861 bits per heavy atom. The molecule has 3 aromatic rings. The van der Waals surface area contributed by atoms with Gasteiger partial charge in [0.05, 0.1) is 19.9 Å². The van der Waals surface area contributed by atoms with Crippen molar-refractivity contribution >= 4 is 11.7 Å². The number of nitrogens with zero attached hydrogens (tertiary/aromatic N) is 4. The molecular formula is C28H34N4O4. The first-order valence-corrected chi connectivity index (χ1v) is 12.1. The van der Waals surface area contributed by atoms with E-state index in [0.717, 1.165) is 17.1 Å². The summed E-state index contributed by atoms with van der Waals surface area (Å²) in [5.41, 5.74) is 2.97. The molecular weight excluding hydrogens is 456 g/mol. The van der Waals surface area contributed by atoms with Crippen LogP contribution in [0.3, 0.4) is 0 Å². The number of ether oxygens (including phenoxy) is 3. The zero-order valence-corrected chi connectivity index (χ0v) is 21.7. The average Bonchev–Trinajstić information content (AvgIpc) is 2.91. The minimum atomic E-state index is -0.00978. The van der Waals surface area contributed by atoms with Gasteiger partial charge in [-0.2, -0.15) is 0 Å². The van der Waals surface area contributed by atoms with E-state index in [4.69, 9.17) is 14.2 Å². The van der Waals surface area contributed by atoms with E-state index in [-0.39, 0.29) is 17.9 Å². The van der Waals surface area contributed by atoms with Gasteiger partial charge in [0.2, 0.25) is 0 Å². The molecule has 190 valence electrons. The highest BCUT2D eigenvalue weighted by Crippen LogP contribution is 2.31. The van der Waals surface area contributed by atoms with Gasteiger partial charge < -0.3 is 24.0 Å². The summed E-state index contributed by atoms with van der Waals surface area (Å²) in [7, 11) is 3.22. The summed E-state index contributed by atoms with van der Waals surface area (Å²) in [6.45, 7) is 9.16. The third kappa shape index (κ3) is 5.87. The summed E-state index contributed by atoms with van der Waals surface area (Å²) >= 11 is 0. The molecule has 0 bridgehead atoms. The zero-order valence-electron chi connectivity index (χ0n) is 21.7. The number of carbonyl (C=O) groups is 1. The molecule has 1 aliphatic rings. The van der Waals surface area contributed by atoms with Crippen LogP contribution in [0.4, 0.5) is 5.82 Å². The highest BCUT2D eigenvalue weighted by Gasteiger charge is 2.23. The third-order valence-corrected chi connectivity index (χ3v) is 6.37. The Morgan fingerprint density at radius 3 is 2.14 bits per heavy atom. The smallest absolute Gasteiger partial charge is 0.260 e. The molecule has 0 radical (unpaired) electrons. The number of aromatic nitrogens is 2. The van der Waals surface area contributed by atoms with Gasteiger partial charge in [-0.25, -0.2) is 0 Å². The average molecular weight is 491 g/mol. The molecule has 1 fully saturated rings. The standard InChI is InChI=1S/C28H34N4O4/c1-28(2,3)21-7-9-22(10-8-21)36-19-27(33)32-16-14-31(15-17-32)26-13-11-23(29-30-26)20-6-12-24(34-4)25(18-20)35-5/h6-13,18H,14-17,19H2,1-5H3. The van der Waals surface area contributed by atoms with Crippen molar-refractivity contribution in [3.05, 3.63) is 60.2 Å². The lowest BCUT2D eigenvalue weighted by Gasteiger charge is -2.35. The van der Waals surface area contributed by atoms with Gasteiger partial charge in [0.25, 0.3) is 5.91 Å². The summed E-state index contributed by atoms with van der Waals surface area (Å²) in [5, 5.41) is 8.83. The predicted octanol–water partition coefficient (Wildman–Crippen LogP) is 4.19. The molecule has 0 aliphatic carbocycles. The van der Waals surface area contributed by atoms with E-state index >= 15 is 0 Å². The van der Waals surface area contributed by atoms with Crippen molar-refractivity contribution in [2.75, 3.05) is 51.9 Å². The van der Waals surface area contributed by atoms with Crippen LogP contribution in [0, 0.1) is 0 Å². The number of carbonyl (C=O) groups excluding carboxylic acids is 1. The normalized spacial score (nSPS) is 13.9. The third-order valence-electron chi connectivity index (χ3n) is 6.37. The van der Waals surface area contributed by atoms with Crippen LogP contribution in [0.15, 0.2) is 54.6 Å². The summed E-state index contributed by atoms with van der Waals surface area (Å²) in [6.07, 6.45) is 0. The largest absolute Gasteiger partial charge is 0.493 e.